The lowest BCUT2D eigenvalue weighted by atomic mass is 10.1. The zero-order chi connectivity index (χ0) is 24.7. The lowest BCUT2D eigenvalue weighted by molar-refractivity contribution is -0.134. The number of nitrogens with two attached hydrogens (primary N) is 2. The van der Waals surface area contributed by atoms with Crippen molar-refractivity contribution in [3.63, 3.8) is 0 Å². The van der Waals surface area contributed by atoms with Gasteiger partial charge in [-0.25, -0.2) is 14.6 Å². The number of halogens is 1. The van der Waals surface area contributed by atoms with E-state index in [0.29, 0.717) is 11.6 Å². The monoisotopic (exact) mass is 473 g/mol. The average Bonchev–Trinajstić information content (AvgIpc) is 2.69. The van der Waals surface area contributed by atoms with E-state index < -0.39 is 23.5 Å². The number of hydrogen-bond donors (Lipinski definition) is 3. The van der Waals surface area contributed by atoms with Crippen LogP contribution in [0.2, 0.25) is 5.02 Å². The Balaban J connectivity index is 0.000000465. The molecule has 0 radical (unpaired) electrons. The standard InChI is InChI=1S/C8H15NO2.C7H6ClN3O2.C5H11NO2/c1-2-11-8(10)9-6-4-3-5-7-9;8-4-1-2-5(10-3-4)11-7(13)6(9)12;1-5(2,3)8-4(6)7/h2-7H2,1H3;1-3H,(H2,9,12)(H,10,11,13);1-3H3,(H2,6,7). The highest BCUT2D eigenvalue weighted by molar-refractivity contribution is 6.39. The van der Waals surface area contributed by atoms with Gasteiger partial charge < -0.3 is 31.2 Å². The maximum Gasteiger partial charge on any atom is 0.409 e. The summed E-state index contributed by atoms with van der Waals surface area (Å²) in [5.41, 5.74) is 8.97. The summed E-state index contributed by atoms with van der Waals surface area (Å²) in [4.78, 5) is 47.7. The molecule has 11 nitrogen and oxygen atoms in total. The van der Waals surface area contributed by atoms with Crippen LogP contribution < -0.4 is 16.8 Å². The van der Waals surface area contributed by atoms with Gasteiger partial charge in [0.2, 0.25) is 0 Å². The first-order chi connectivity index (χ1) is 14.9. The molecule has 0 unspecified atom stereocenters. The Morgan fingerprint density at radius 2 is 1.72 bits per heavy atom. The van der Waals surface area contributed by atoms with E-state index in [2.05, 4.69) is 15.0 Å². The van der Waals surface area contributed by atoms with E-state index >= 15 is 0 Å². The van der Waals surface area contributed by atoms with E-state index in [1.54, 1.807) is 25.7 Å². The zero-order valence-electron chi connectivity index (χ0n) is 18.9. The summed E-state index contributed by atoms with van der Waals surface area (Å²) < 4.78 is 9.44. The normalized spacial score (nSPS) is 12.7. The van der Waals surface area contributed by atoms with Crippen LogP contribution in [-0.4, -0.2) is 59.2 Å². The second-order valence-corrected chi connectivity index (χ2v) is 7.90. The van der Waals surface area contributed by atoms with Gasteiger partial charge in [-0.2, -0.15) is 0 Å². The molecular weight excluding hydrogens is 442 g/mol. The van der Waals surface area contributed by atoms with Crippen molar-refractivity contribution in [1.29, 1.82) is 0 Å². The molecule has 1 aliphatic rings. The van der Waals surface area contributed by atoms with Gasteiger partial charge in [0.1, 0.15) is 11.4 Å². The van der Waals surface area contributed by atoms with Crippen LogP contribution in [0.1, 0.15) is 47.0 Å². The molecule has 0 atom stereocenters. The maximum atomic E-state index is 11.1. The molecule has 2 heterocycles. The van der Waals surface area contributed by atoms with Crippen molar-refractivity contribution in [3.05, 3.63) is 23.4 Å². The van der Waals surface area contributed by atoms with Gasteiger partial charge >= 0.3 is 24.0 Å². The fraction of sp³-hybridized carbons (Fsp3) is 0.550. The number of carbonyl (C=O) groups is 4. The molecule has 0 spiro atoms. The first-order valence-corrected chi connectivity index (χ1v) is 10.4. The Hall–Kier alpha value is -3.08. The van der Waals surface area contributed by atoms with Crippen LogP contribution in [0.5, 0.6) is 0 Å². The number of primary amides is 2. The van der Waals surface area contributed by atoms with Gasteiger partial charge in [-0.3, -0.25) is 9.59 Å². The number of nitrogens with one attached hydrogen (secondary N) is 1. The summed E-state index contributed by atoms with van der Waals surface area (Å²) in [6, 6.07) is 2.99. The van der Waals surface area contributed by atoms with Gasteiger partial charge in [-0.05, 0) is 59.1 Å². The lowest BCUT2D eigenvalue weighted by Gasteiger charge is -2.25. The van der Waals surface area contributed by atoms with Crippen molar-refractivity contribution in [2.75, 3.05) is 25.0 Å². The molecule has 2 rings (SSSR count). The molecule has 1 aromatic rings. The van der Waals surface area contributed by atoms with Crippen molar-refractivity contribution < 1.29 is 28.7 Å². The van der Waals surface area contributed by atoms with E-state index in [0.717, 1.165) is 25.9 Å². The molecule has 1 aliphatic heterocycles. The number of likely N-dealkylation sites (tertiary alicyclic amines) is 1. The number of ether oxygens (including phenoxy) is 2. The number of nitrogens with zero attached hydrogens (tertiary/aromatic N) is 2. The smallest absolute Gasteiger partial charge is 0.409 e. The molecule has 0 aromatic carbocycles. The highest BCUT2D eigenvalue weighted by Gasteiger charge is 2.16. The van der Waals surface area contributed by atoms with E-state index in [1.165, 1.54) is 24.8 Å². The van der Waals surface area contributed by atoms with Crippen molar-refractivity contribution >= 4 is 41.4 Å². The van der Waals surface area contributed by atoms with Crippen LogP contribution in [0, 0.1) is 0 Å². The maximum absolute atomic E-state index is 11.1. The van der Waals surface area contributed by atoms with E-state index in [4.69, 9.17) is 27.8 Å². The van der Waals surface area contributed by atoms with Crippen LogP contribution in [-0.2, 0) is 19.1 Å². The molecule has 5 N–H and O–H groups in total. The third-order valence-corrected chi connectivity index (χ3v) is 3.71. The van der Waals surface area contributed by atoms with Crippen LogP contribution >= 0.6 is 11.6 Å². The molecular formula is C20H32ClN5O6. The number of piperidine rings is 1. The summed E-state index contributed by atoms with van der Waals surface area (Å²) in [6.45, 7) is 9.35. The van der Waals surface area contributed by atoms with Crippen molar-refractivity contribution in [2.45, 2.75) is 52.6 Å². The molecule has 0 bridgehead atoms. The predicted octanol–water partition coefficient (Wildman–Crippen LogP) is 2.67. The molecule has 12 heteroatoms. The minimum Gasteiger partial charge on any atom is -0.450 e. The van der Waals surface area contributed by atoms with Gasteiger partial charge in [-0.1, -0.05) is 11.6 Å². The molecule has 0 saturated carbocycles. The predicted molar refractivity (Wildman–Crippen MR) is 120 cm³/mol. The van der Waals surface area contributed by atoms with Gasteiger partial charge in [0.05, 0.1) is 11.6 Å². The average molecular weight is 474 g/mol. The van der Waals surface area contributed by atoms with Gasteiger partial charge in [0.25, 0.3) is 0 Å². The third-order valence-electron chi connectivity index (χ3n) is 3.48. The summed E-state index contributed by atoms with van der Waals surface area (Å²) in [7, 11) is 0. The quantitative estimate of drug-likeness (QED) is 0.554. The topological polar surface area (TPSA) is 167 Å². The van der Waals surface area contributed by atoms with Gasteiger partial charge in [0.15, 0.2) is 0 Å². The Morgan fingerprint density at radius 3 is 2.09 bits per heavy atom. The first kappa shape index (κ1) is 28.9. The summed E-state index contributed by atoms with van der Waals surface area (Å²) in [5, 5.41) is 2.63. The number of pyridine rings is 1. The van der Waals surface area contributed by atoms with E-state index in [-0.39, 0.29) is 11.9 Å². The second-order valence-electron chi connectivity index (χ2n) is 7.46. The van der Waals surface area contributed by atoms with Crippen LogP contribution in [0.4, 0.5) is 15.4 Å². The minimum absolute atomic E-state index is 0.146. The third kappa shape index (κ3) is 14.8. The molecule has 0 aliphatic carbocycles. The molecule has 32 heavy (non-hydrogen) atoms. The number of rotatable bonds is 2. The molecule has 180 valence electrons. The minimum atomic E-state index is -1.06. The van der Waals surface area contributed by atoms with E-state index in [9.17, 15) is 19.2 Å². The molecule has 4 amide bonds. The Labute approximate surface area is 192 Å². The molecule has 1 aromatic heterocycles. The summed E-state index contributed by atoms with van der Waals surface area (Å²) in [6.07, 6.45) is 3.97. The highest BCUT2D eigenvalue weighted by atomic mass is 35.5. The fourth-order valence-electron chi connectivity index (χ4n) is 2.22. The highest BCUT2D eigenvalue weighted by Crippen LogP contribution is 2.10. The number of amides is 4. The van der Waals surface area contributed by atoms with Gasteiger partial charge in [0, 0.05) is 19.3 Å². The van der Waals surface area contributed by atoms with Gasteiger partial charge in [-0.15, -0.1) is 0 Å². The number of carbonyl (C=O) groups excluding carboxylic acids is 4. The molecule has 1 saturated heterocycles. The van der Waals surface area contributed by atoms with Crippen molar-refractivity contribution in [2.24, 2.45) is 11.5 Å². The van der Waals surface area contributed by atoms with Crippen molar-refractivity contribution in [1.82, 2.24) is 9.88 Å². The largest absolute Gasteiger partial charge is 0.450 e. The zero-order valence-corrected chi connectivity index (χ0v) is 19.6. The first-order valence-electron chi connectivity index (χ1n) is 9.98. The van der Waals surface area contributed by atoms with Crippen LogP contribution in [0.25, 0.3) is 0 Å². The Bertz CT molecular complexity index is 746. The van der Waals surface area contributed by atoms with E-state index in [1.807, 2.05) is 6.92 Å². The summed E-state index contributed by atoms with van der Waals surface area (Å²) >= 11 is 5.54. The Morgan fingerprint density at radius 1 is 1.12 bits per heavy atom. The number of hydrogen-bond acceptors (Lipinski definition) is 7. The Kier molecular flexibility index (Phi) is 13.4. The number of anilines is 1. The van der Waals surface area contributed by atoms with Crippen LogP contribution in [0.3, 0.4) is 0 Å². The number of aromatic nitrogens is 1. The second kappa shape index (κ2) is 14.8. The van der Waals surface area contributed by atoms with Crippen LogP contribution in [0.15, 0.2) is 18.3 Å². The summed E-state index contributed by atoms with van der Waals surface area (Å²) in [5.74, 6) is -1.74. The fourth-order valence-corrected chi connectivity index (χ4v) is 2.33. The molecule has 1 fully saturated rings. The SMILES string of the molecule is CC(C)(C)OC(N)=O.CCOC(=O)N1CCCCC1.NC(=O)C(=O)Nc1ccc(Cl)cn1. The lowest BCUT2D eigenvalue weighted by Crippen LogP contribution is -2.35. The van der Waals surface area contributed by atoms with Crippen molar-refractivity contribution in [3.8, 4) is 0 Å².